The van der Waals surface area contributed by atoms with Crippen LogP contribution < -0.4 is 5.32 Å². The van der Waals surface area contributed by atoms with Crippen LogP contribution in [0.25, 0.3) is 11.3 Å². The maximum Gasteiger partial charge on any atom is 0.234 e. The zero-order valence-electron chi connectivity index (χ0n) is 14.4. The van der Waals surface area contributed by atoms with Crippen molar-refractivity contribution in [3.8, 4) is 11.3 Å². The smallest absolute Gasteiger partial charge is 0.234 e. The van der Waals surface area contributed by atoms with Gasteiger partial charge in [0.15, 0.2) is 5.13 Å². The van der Waals surface area contributed by atoms with Crippen molar-refractivity contribution >= 4 is 70.2 Å². The molecule has 3 aliphatic carbocycles. The molecule has 3 fully saturated rings. The molecule has 0 spiro atoms. The zero-order valence-corrected chi connectivity index (χ0v) is 20.0. The Morgan fingerprint density at radius 1 is 1.27 bits per heavy atom. The zero-order chi connectivity index (χ0) is 18.7. The predicted molar refractivity (Wildman–Crippen MR) is 118 cm³/mol. The van der Waals surface area contributed by atoms with E-state index in [4.69, 9.17) is 0 Å². The first-order valence-corrected chi connectivity index (χ1v) is 12.1. The molecule has 1 heterocycles. The van der Waals surface area contributed by atoms with E-state index in [9.17, 15) is 4.79 Å². The van der Waals surface area contributed by atoms with Crippen molar-refractivity contribution < 1.29 is 4.79 Å². The molecule has 0 saturated heterocycles. The molecule has 1 aromatic carbocycles. The lowest BCUT2D eigenvalue weighted by Crippen LogP contribution is -2.71. The maximum atomic E-state index is 13.3. The summed E-state index contributed by atoms with van der Waals surface area (Å²) in [5.41, 5.74) is 1.46. The predicted octanol–water partition coefficient (Wildman–Crippen LogP) is 6.43. The van der Waals surface area contributed by atoms with E-state index in [2.05, 4.69) is 71.9 Å². The largest absolute Gasteiger partial charge is 0.301 e. The monoisotopic (exact) mass is 560 g/mol. The van der Waals surface area contributed by atoms with Gasteiger partial charge in [0.05, 0.1) is 14.8 Å². The number of hydrogen-bond donors (Lipinski definition) is 1. The Hall–Kier alpha value is -0.240. The SMILES string of the molecule is CC1(C)C2(C(=O)Nc3nc(-c4ccccc4)cs3)CCC1(C(Br)Br)C2Br. The van der Waals surface area contributed by atoms with Gasteiger partial charge in [-0.3, -0.25) is 4.79 Å². The molecule has 2 aromatic rings. The first-order valence-electron chi connectivity index (χ1n) is 8.52. The first-order chi connectivity index (χ1) is 12.3. The first kappa shape index (κ1) is 19.1. The number of benzene rings is 1. The maximum absolute atomic E-state index is 13.3. The van der Waals surface area contributed by atoms with E-state index in [1.807, 2.05) is 35.7 Å². The fourth-order valence-electron chi connectivity index (χ4n) is 4.98. The van der Waals surface area contributed by atoms with Crippen LogP contribution in [0.5, 0.6) is 0 Å². The van der Waals surface area contributed by atoms with Gasteiger partial charge in [-0.25, -0.2) is 4.98 Å². The molecule has 0 aliphatic heterocycles. The lowest BCUT2D eigenvalue weighted by atomic mass is 9.43. The van der Waals surface area contributed by atoms with E-state index >= 15 is 0 Å². The molecule has 138 valence electrons. The molecule has 7 heteroatoms. The van der Waals surface area contributed by atoms with Crippen molar-refractivity contribution in [1.82, 2.24) is 4.98 Å². The van der Waals surface area contributed by atoms with Crippen molar-refractivity contribution in [2.45, 2.75) is 35.3 Å². The number of carbonyl (C=O) groups excluding carboxylic acids is 1. The summed E-state index contributed by atoms with van der Waals surface area (Å²) in [4.78, 5) is 18.1. The van der Waals surface area contributed by atoms with Crippen molar-refractivity contribution in [3.05, 3.63) is 35.7 Å². The van der Waals surface area contributed by atoms with Crippen molar-refractivity contribution in [2.24, 2.45) is 16.2 Å². The Labute approximate surface area is 182 Å². The summed E-state index contributed by atoms with van der Waals surface area (Å²) in [6.45, 7) is 4.42. The summed E-state index contributed by atoms with van der Waals surface area (Å²) in [5.74, 6) is 0.0760. The number of alkyl halides is 3. The standard InChI is InChI=1S/C19H19Br3N2OS/c1-17(2)18(14(21)22)8-9-19(17,13(18)20)15(25)24-16-23-12(10-26-16)11-6-4-3-5-7-11/h3-7,10,13-14H,8-9H2,1-2H3,(H,23,24,25). The van der Waals surface area contributed by atoms with Gasteiger partial charge in [-0.2, -0.15) is 0 Å². The fraction of sp³-hybridized carbons (Fsp3) is 0.474. The topological polar surface area (TPSA) is 42.0 Å². The highest BCUT2D eigenvalue weighted by molar-refractivity contribution is 9.24. The van der Waals surface area contributed by atoms with Crippen molar-refractivity contribution in [2.75, 3.05) is 5.32 Å². The Morgan fingerprint density at radius 3 is 2.54 bits per heavy atom. The van der Waals surface area contributed by atoms with Gasteiger partial charge in [0.2, 0.25) is 5.91 Å². The van der Waals surface area contributed by atoms with Gasteiger partial charge in [0, 0.05) is 21.2 Å². The highest BCUT2D eigenvalue weighted by atomic mass is 79.9. The number of nitrogens with one attached hydrogen (secondary N) is 1. The van der Waals surface area contributed by atoms with Crippen LogP contribution in [0.3, 0.4) is 0 Å². The third-order valence-electron chi connectivity index (χ3n) is 6.69. The second-order valence-electron chi connectivity index (χ2n) is 7.66. The molecule has 1 N–H and O–H groups in total. The van der Waals surface area contributed by atoms with Crippen LogP contribution in [0.2, 0.25) is 0 Å². The number of hydrogen-bond acceptors (Lipinski definition) is 3. The molecular weight excluding hydrogens is 544 g/mol. The van der Waals surface area contributed by atoms with Gasteiger partial charge >= 0.3 is 0 Å². The van der Waals surface area contributed by atoms with Crippen LogP contribution >= 0.6 is 59.1 Å². The van der Waals surface area contributed by atoms with Gasteiger partial charge in [0.1, 0.15) is 0 Å². The van der Waals surface area contributed by atoms with Crippen LogP contribution in [0.15, 0.2) is 35.7 Å². The summed E-state index contributed by atoms with van der Waals surface area (Å²) in [6.07, 6.45) is 1.89. The molecule has 0 radical (unpaired) electrons. The third kappa shape index (κ3) is 2.26. The number of rotatable bonds is 4. The summed E-state index contributed by atoms with van der Waals surface area (Å²) >= 11 is 12.8. The molecule has 3 nitrogen and oxygen atoms in total. The minimum absolute atomic E-state index is 0.0302. The molecule has 1 amide bonds. The highest BCUT2D eigenvalue weighted by Gasteiger charge is 2.83. The van der Waals surface area contributed by atoms with Gasteiger partial charge in [-0.05, 0) is 18.3 Å². The van der Waals surface area contributed by atoms with Crippen LogP contribution in [-0.4, -0.2) is 19.5 Å². The third-order valence-corrected chi connectivity index (χ3v) is 10.7. The van der Waals surface area contributed by atoms with Crippen LogP contribution in [0, 0.1) is 16.2 Å². The van der Waals surface area contributed by atoms with E-state index in [0.29, 0.717) is 5.13 Å². The average Bonchev–Trinajstić information content (AvgIpc) is 3.26. The van der Waals surface area contributed by atoms with Gasteiger partial charge in [-0.15, -0.1) is 11.3 Å². The number of carbonyl (C=O) groups is 1. The molecule has 3 aliphatic rings. The minimum atomic E-state index is -0.411. The van der Waals surface area contributed by atoms with E-state index < -0.39 is 5.41 Å². The lowest BCUT2D eigenvalue weighted by Gasteiger charge is -2.66. The van der Waals surface area contributed by atoms with E-state index in [1.165, 1.54) is 11.3 Å². The van der Waals surface area contributed by atoms with E-state index in [1.54, 1.807) is 0 Å². The average molecular weight is 563 g/mol. The summed E-state index contributed by atoms with van der Waals surface area (Å²) < 4.78 is 0.176. The van der Waals surface area contributed by atoms with Crippen LogP contribution in [0.1, 0.15) is 26.7 Å². The number of halogens is 3. The van der Waals surface area contributed by atoms with Gasteiger partial charge < -0.3 is 5.32 Å². The van der Waals surface area contributed by atoms with Gasteiger partial charge in [0.25, 0.3) is 0 Å². The molecule has 26 heavy (non-hydrogen) atoms. The molecule has 5 rings (SSSR count). The molecule has 2 bridgehead atoms. The fourth-order valence-corrected chi connectivity index (χ4v) is 10.6. The minimum Gasteiger partial charge on any atom is -0.301 e. The van der Waals surface area contributed by atoms with E-state index in [-0.39, 0.29) is 25.3 Å². The lowest BCUT2D eigenvalue weighted by molar-refractivity contribution is -0.155. The Bertz CT molecular complexity index is 853. The Morgan fingerprint density at radius 2 is 1.96 bits per heavy atom. The number of anilines is 1. The number of nitrogens with zero attached hydrogens (tertiary/aromatic N) is 1. The quantitative estimate of drug-likeness (QED) is 0.436. The second kappa shape index (κ2) is 6.39. The summed E-state index contributed by atoms with van der Waals surface area (Å²) in [7, 11) is 0. The van der Waals surface area contributed by atoms with Crippen LogP contribution in [0.4, 0.5) is 5.13 Å². The number of aromatic nitrogens is 1. The second-order valence-corrected chi connectivity index (χ2v) is 12.5. The van der Waals surface area contributed by atoms with Crippen molar-refractivity contribution in [1.29, 1.82) is 0 Å². The molecule has 3 atom stereocenters. The molecular formula is C19H19Br3N2OS. The van der Waals surface area contributed by atoms with Crippen molar-refractivity contribution in [3.63, 3.8) is 0 Å². The van der Waals surface area contributed by atoms with Gasteiger partial charge in [-0.1, -0.05) is 92.0 Å². The van der Waals surface area contributed by atoms with E-state index in [0.717, 1.165) is 24.1 Å². The summed E-state index contributed by atoms with van der Waals surface area (Å²) in [5, 5.41) is 5.76. The Balaban J connectivity index is 1.58. The molecule has 1 aromatic heterocycles. The number of fused-ring (bicyclic) bond motifs is 1. The molecule has 3 unspecified atom stereocenters. The molecule has 3 saturated carbocycles. The Kier molecular flexibility index (Phi) is 4.69. The number of thiazole rings is 1. The number of amides is 1. The highest BCUT2D eigenvalue weighted by Crippen LogP contribution is 2.82. The normalized spacial score (nSPS) is 31.7. The summed E-state index contributed by atoms with van der Waals surface area (Å²) in [6, 6.07) is 10.0. The van der Waals surface area contributed by atoms with Crippen LogP contribution in [-0.2, 0) is 4.79 Å².